The van der Waals surface area contributed by atoms with Crippen molar-refractivity contribution in [1.29, 1.82) is 0 Å². The molecule has 1 aliphatic carbocycles. The summed E-state index contributed by atoms with van der Waals surface area (Å²) in [5.74, 6) is 0.660. The number of amides is 1. The van der Waals surface area contributed by atoms with Crippen molar-refractivity contribution in [3.8, 4) is 0 Å². The third kappa shape index (κ3) is 6.01. The van der Waals surface area contributed by atoms with E-state index in [0.29, 0.717) is 11.9 Å². The van der Waals surface area contributed by atoms with E-state index in [2.05, 4.69) is 20.8 Å². The van der Waals surface area contributed by atoms with Gasteiger partial charge in [-0.25, -0.2) is 4.79 Å². The zero-order chi connectivity index (χ0) is 16.0. The molecule has 124 valence electrons. The molecule has 1 heterocycles. The highest BCUT2D eigenvalue weighted by Gasteiger charge is 2.24. The number of rotatable bonds is 5. The molecule has 1 aliphatic rings. The van der Waals surface area contributed by atoms with Crippen LogP contribution in [0.3, 0.4) is 0 Å². The molecular weight excluding hydrogens is 284 g/mol. The number of nitrogens with one attached hydrogen (secondary N) is 2. The second-order valence-corrected chi connectivity index (χ2v) is 6.73. The Balaban J connectivity index is 1.60. The molecule has 0 atom stereocenters. The zero-order valence-electron chi connectivity index (χ0n) is 13.6. The maximum atomic E-state index is 11.7. The lowest BCUT2D eigenvalue weighted by Crippen LogP contribution is -2.44. The first kappa shape index (κ1) is 16.7. The fourth-order valence-corrected chi connectivity index (χ4v) is 2.61. The molecule has 1 fully saturated rings. The molecule has 7 nitrogen and oxygen atoms in total. The Morgan fingerprint density at radius 3 is 2.59 bits per heavy atom. The van der Waals surface area contributed by atoms with E-state index in [1.165, 1.54) is 6.33 Å². The third-order valence-corrected chi connectivity index (χ3v) is 3.63. The van der Waals surface area contributed by atoms with E-state index in [1.54, 1.807) is 0 Å². The second-order valence-electron chi connectivity index (χ2n) is 6.73. The molecule has 0 spiro atoms. The molecule has 1 saturated carbocycles. The molecule has 0 radical (unpaired) electrons. The van der Waals surface area contributed by atoms with E-state index >= 15 is 0 Å². The van der Waals surface area contributed by atoms with Crippen LogP contribution in [0.15, 0.2) is 10.9 Å². The topological polar surface area (TPSA) is 89.3 Å². The van der Waals surface area contributed by atoms with Crippen LogP contribution in [0.2, 0.25) is 0 Å². The maximum absolute atomic E-state index is 11.7. The quantitative estimate of drug-likeness (QED) is 0.865. The molecule has 7 heteroatoms. The summed E-state index contributed by atoms with van der Waals surface area (Å²) in [5, 5.41) is 10.0. The van der Waals surface area contributed by atoms with Crippen molar-refractivity contribution in [1.82, 2.24) is 20.8 Å². The van der Waals surface area contributed by atoms with E-state index in [-0.39, 0.29) is 12.1 Å². The predicted molar refractivity (Wildman–Crippen MR) is 81.4 cm³/mol. The molecule has 0 unspecified atom stereocenters. The highest BCUT2D eigenvalue weighted by Crippen LogP contribution is 2.19. The molecule has 2 rings (SSSR count). The maximum Gasteiger partial charge on any atom is 0.407 e. The Morgan fingerprint density at radius 1 is 1.32 bits per heavy atom. The van der Waals surface area contributed by atoms with Gasteiger partial charge in [-0.3, -0.25) is 0 Å². The monoisotopic (exact) mass is 310 g/mol. The molecule has 0 aliphatic heterocycles. The molecule has 1 amide bonds. The number of hydrogen-bond donors (Lipinski definition) is 2. The van der Waals surface area contributed by atoms with Crippen LogP contribution in [-0.4, -0.2) is 40.5 Å². The normalized spacial score (nSPS) is 22.3. The smallest absolute Gasteiger partial charge is 0.407 e. The first-order valence-electron chi connectivity index (χ1n) is 7.91. The van der Waals surface area contributed by atoms with Gasteiger partial charge in [0.25, 0.3) is 0 Å². The largest absolute Gasteiger partial charge is 0.444 e. The SMILES string of the molecule is CC(C)(C)OC(=O)NC1CCC(NCCc2ncno2)CC1. The van der Waals surface area contributed by atoms with Crippen molar-refractivity contribution < 1.29 is 14.1 Å². The lowest BCUT2D eigenvalue weighted by molar-refractivity contribution is 0.0490. The van der Waals surface area contributed by atoms with Gasteiger partial charge < -0.3 is 19.9 Å². The number of aromatic nitrogens is 2. The number of carbonyl (C=O) groups is 1. The predicted octanol–water partition coefficient (Wildman–Crippen LogP) is 2.04. The van der Waals surface area contributed by atoms with Crippen molar-refractivity contribution in [3.63, 3.8) is 0 Å². The Morgan fingerprint density at radius 2 is 2.00 bits per heavy atom. The highest BCUT2D eigenvalue weighted by atomic mass is 16.6. The van der Waals surface area contributed by atoms with Gasteiger partial charge in [0.15, 0.2) is 6.33 Å². The Labute approximate surface area is 131 Å². The van der Waals surface area contributed by atoms with Crippen molar-refractivity contribution in [2.24, 2.45) is 0 Å². The first-order chi connectivity index (χ1) is 10.4. The number of carbonyl (C=O) groups excluding carboxylic acids is 1. The number of hydrogen-bond acceptors (Lipinski definition) is 6. The first-order valence-corrected chi connectivity index (χ1v) is 7.91. The summed E-state index contributed by atoms with van der Waals surface area (Å²) in [7, 11) is 0. The van der Waals surface area contributed by atoms with E-state index < -0.39 is 5.60 Å². The van der Waals surface area contributed by atoms with Crippen molar-refractivity contribution in [2.75, 3.05) is 6.54 Å². The Bertz CT molecular complexity index is 448. The van der Waals surface area contributed by atoms with E-state index in [9.17, 15) is 4.79 Å². The summed E-state index contributed by atoms with van der Waals surface area (Å²) < 4.78 is 10.2. The number of nitrogens with zero attached hydrogens (tertiary/aromatic N) is 2. The van der Waals surface area contributed by atoms with Crippen molar-refractivity contribution in [3.05, 3.63) is 12.2 Å². The van der Waals surface area contributed by atoms with Crippen molar-refractivity contribution >= 4 is 6.09 Å². The summed E-state index contributed by atoms with van der Waals surface area (Å²) in [6.45, 7) is 6.45. The molecule has 1 aromatic heterocycles. The molecule has 1 aromatic rings. The van der Waals surface area contributed by atoms with Gasteiger partial charge >= 0.3 is 6.09 Å². The van der Waals surface area contributed by atoms with Gasteiger partial charge in [-0.2, -0.15) is 4.98 Å². The van der Waals surface area contributed by atoms with E-state index in [1.807, 2.05) is 20.8 Å². The molecule has 22 heavy (non-hydrogen) atoms. The highest BCUT2D eigenvalue weighted by molar-refractivity contribution is 5.68. The Kier molecular flexibility index (Phi) is 5.76. The summed E-state index contributed by atoms with van der Waals surface area (Å²) in [6, 6.07) is 0.698. The number of alkyl carbamates (subject to hydrolysis) is 1. The van der Waals surface area contributed by atoms with Gasteiger partial charge in [-0.1, -0.05) is 5.16 Å². The van der Waals surface area contributed by atoms with Crippen LogP contribution < -0.4 is 10.6 Å². The fourth-order valence-electron chi connectivity index (χ4n) is 2.61. The van der Waals surface area contributed by atoms with Gasteiger partial charge in [-0.15, -0.1) is 0 Å². The van der Waals surface area contributed by atoms with Gasteiger partial charge in [0.05, 0.1) is 0 Å². The van der Waals surface area contributed by atoms with Crippen molar-refractivity contribution in [2.45, 2.75) is 70.6 Å². The number of ether oxygens (including phenoxy) is 1. The summed E-state index contributed by atoms with van der Waals surface area (Å²) in [4.78, 5) is 15.7. The average molecular weight is 310 g/mol. The lowest BCUT2D eigenvalue weighted by Gasteiger charge is -2.30. The van der Waals surface area contributed by atoms with Crippen LogP contribution in [0.5, 0.6) is 0 Å². The van der Waals surface area contributed by atoms with Gasteiger partial charge in [-0.05, 0) is 46.5 Å². The fraction of sp³-hybridized carbons (Fsp3) is 0.800. The lowest BCUT2D eigenvalue weighted by atomic mass is 9.91. The molecule has 0 bridgehead atoms. The summed E-state index contributed by atoms with van der Waals surface area (Å²) >= 11 is 0. The van der Waals surface area contributed by atoms with Crippen LogP contribution in [0.1, 0.15) is 52.3 Å². The van der Waals surface area contributed by atoms with Crippen LogP contribution in [0.25, 0.3) is 0 Å². The molecule has 2 N–H and O–H groups in total. The molecule has 0 saturated heterocycles. The van der Waals surface area contributed by atoms with Gasteiger partial charge in [0, 0.05) is 25.0 Å². The summed E-state index contributed by atoms with van der Waals surface area (Å²) in [6.07, 6.45) is 5.88. The van der Waals surface area contributed by atoms with E-state index in [4.69, 9.17) is 9.26 Å². The minimum atomic E-state index is -0.447. The van der Waals surface area contributed by atoms with Crippen LogP contribution in [-0.2, 0) is 11.2 Å². The minimum absolute atomic E-state index is 0.212. The van der Waals surface area contributed by atoms with E-state index in [0.717, 1.165) is 38.6 Å². The Hall–Kier alpha value is -1.63. The van der Waals surface area contributed by atoms with Crippen LogP contribution in [0, 0.1) is 0 Å². The average Bonchev–Trinajstić information content (AvgIpc) is 2.92. The third-order valence-electron chi connectivity index (χ3n) is 3.63. The van der Waals surface area contributed by atoms with Crippen LogP contribution >= 0.6 is 0 Å². The summed E-state index contributed by atoms with van der Waals surface area (Å²) in [5.41, 5.74) is -0.447. The van der Waals surface area contributed by atoms with Gasteiger partial charge in [0.1, 0.15) is 5.60 Å². The molecule has 0 aromatic carbocycles. The standard InChI is InChI=1S/C15H26N4O3/c1-15(2,3)21-14(20)19-12-6-4-11(5-7-12)16-9-8-13-17-10-18-22-13/h10-12,16H,4-9H2,1-3H3,(H,19,20). The van der Waals surface area contributed by atoms with Crippen LogP contribution in [0.4, 0.5) is 4.79 Å². The molecular formula is C15H26N4O3. The second kappa shape index (κ2) is 7.58. The van der Waals surface area contributed by atoms with Gasteiger partial charge in [0.2, 0.25) is 5.89 Å². The minimum Gasteiger partial charge on any atom is -0.444 e. The zero-order valence-corrected chi connectivity index (χ0v) is 13.6.